The van der Waals surface area contributed by atoms with Gasteiger partial charge in [-0.1, -0.05) is 24.3 Å². The molecule has 1 saturated heterocycles. The molecule has 41 heavy (non-hydrogen) atoms. The lowest BCUT2D eigenvalue weighted by molar-refractivity contribution is 0.0256. The summed E-state index contributed by atoms with van der Waals surface area (Å²) in [4.78, 5) is 12.5. The number of nitriles is 1. The molecule has 1 aliphatic carbocycles. The monoisotopic (exact) mass is 553 g/mol. The summed E-state index contributed by atoms with van der Waals surface area (Å²) in [6.07, 6.45) is 4.01. The Labute approximate surface area is 238 Å². The van der Waals surface area contributed by atoms with Crippen LogP contribution >= 0.6 is 0 Å². The largest absolute Gasteiger partial charge is 0.490 e. The molecule has 2 heterocycles. The van der Waals surface area contributed by atoms with Crippen LogP contribution in [0.15, 0.2) is 66.7 Å². The van der Waals surface area contributed by atoms with E-state index in [4.69, 9.17) is 14.2 Å². The number of anilines is 1. The number of hydrogen-bond donors (Lipinski definition) is 1. The van der Waals surface area contributed by atoms with Crippen LogP contribution in [0.1, 0.15) is 62.3 Å². The number of fused-ring (bicyclic) bond motifs is 1. The van der Waals surface area contributed by atoms with Gasteiger partial charge >= 0.3 is 6.09 Å². The third-order valence-electron chi connectivity index (χ3n) is 8.03. The van der Waals surface area contributed by atoms with Crippen molar-refractivity contribution >= 4 is 22.7 Å². The molecule has 1 saturated carbocycles. The van der Waals surface area contributed by atoms with Crippen molar-refractivity contribution in [2.75, 3.05) is 18.5 Å². The van der Waals surface area contributed by atoms with Crippen molar-refractivity contribution in [2.45, 2.75) is 57.3 Å². The van der Waals surface area contributed by atoms with Gasteiger partial charge in [-0.2, -0.15) is 5.26 Å². The maximum absolute atomic E-state index is 13.2. The Morgan fingerprint density at radius 3 is 2.44 bits per heavy atom. The van der Waals surface area contributed by atoms with Crippen LogP contribution in [0.2, 0.25) is 0 Å². The Morgan fingerprint density at radius 1 is 1.05 bits per heavy atom. The molecule has 0 bridgehead atoms. The fourth-order valence-electron chi connectivity index (χ4n) is 5.59. The van der Waals surface area contributed by atoms with Crippen molar-refractivity contribution in [3.63, 3.8) is 0 Å². The lowest BCUT2D eigenvalue weighted by atomic mass is 9.92. The highest BCUT2D eigenvalue weighted by Gasteiger charge is 2.28. The van der Waals surface area contributed by atoms with E-state index in [1.54, 1.807) is 19.1 Å². The molecule has 0 unspecified atom stereocenters. The summed E-state index contributed by atoms with van der Waals surface area (Å²) >= 11 is 0. The van der Waals surface area contributed by atoms with Crippen LogP contribution in [-0.2, 0) is 9.47 Å². The van der Waals surface area contributed by atoms with E-state index in [9.17, 15) is 14.4 Å². The van der Waals surface area contributed by atoms with Gasteiger partial charge in [0.05, 0.1) is 30.0 Å². The summed E-state index contributed by atoms with van der Waals surface area (Å²) < 4.78 is 32.8. The highest BCUT2D eigenvalue weighted by molar-refractivity contribution is 5.96. The molecule has 6 rings (SSSR count). The van der Waals surface area contributed by atoms with Gasteiger partial charge in [0.2, 0.25) is 0 Å². The summed E-state index contributed by atoms with van der Waals surface area (Å²) in [5.74, 6) is 0.469. The molecule has 7 nitrogen and oxygen atoms in total. The second-order valence-corrected chi connectivity index (χ2v) is 10.7. The van der Waals surface area contributed by atoms with Gasteiger partial charge in [0.1, 0.15) is 29.8 Å². The first kappa shape index (κ1) is 26.9. The van der Waals surface area contributed by atoms with Gasteiger partial charge in [0.25, 0.3) is 0 Å². The van der Waals surface area contributed by atoms with Crippen LogP contribution in [0.3, 0.4) is 0 Å². The van der Waals surface area contributed by atoms with E-state index < -0.39 is 12.2 Å². The third kappa shape index (κ3) is 5.63. The Hall–Kier alpha value is -4.35. The summed E-state index contributed by atoms with van der Waals surface area (Å²) in [7, 11) is 0. The van der Waals surface area contributed by atoms with Crippen molar-refractivity contribution in [3.8, 4) is 23.1 Å². The molecule has 0 radical (unpaired) electrons. The molecule has 2 aliphatic rings. The molecule has 0 spiro atoms. The normalized spacial score (nSPS) is 16.5. The van der Waals surface area contributed by atoms with Crippen molar-refractivity contribution in [2.24, 2.45) is 0 Å². The minimum absolute atomic E-state index is 0.133. The summed E-state index contributed by atoms with van der Waals surface area (Å²) in [6, 6.07) is 22.1. The van der Waals surface area contributed by atoms with E-state index in [0.29, 0.717) is 36.1 Å². The molecule has 1 aliphatic heterocycles. The number of nitrogens with zero attached hydrogens (tertiary/aromatic N) is 2. The number of benzene rings is 3. The smallest absolute Gasteiger partial charge is 0.412 e. The SMILES string of the molecule is C[C@@H](OC(=O)Nc1ccc(-c2c(C#N)c3ccc(OC4CCOCC4)cc3n2C2CCC2)cc1)c1ccc(F)cc1. The minimum Gasteiger partial charge on any atom is -0.490 e. The number of halogens is 1. The first-order valence-corrected chi connectivity index (χ1v) is 14.2. The fourth-order valence-corrected chi connectivity index (χ4v) is 5.59. The average Bonchev–Trinajstić information content (AvgIpc) is 3.26. The molecule has 3 aromatic carbocycles. The van der Waals surface area contributed by atoms with Gasteiger partial charge in [0.15, 0.2) is 0 Å². The van der Waals surface area contributed by atoms with Gasteiger partial charge in [-0.15, -0.1) is 0 Å². The predicted octanol–water partition coefficient (Wildman–Crippen LogP) is 7.91. The highest BCUT2D eigenvalue weighted by atomic mass is 19.1. The first-order chi connectivity index (χ1) is 20.0. The number of ether oxygens (including phenoxy) is 3. The number of hydrogen-bond acceptors (Lipinski definition) is 5. The van der Waals surface area contributed by atoms with Gasteiger partial charge in [0, 0.05) is 36.0 Å². The molecule has 1 N–H and O–H groups in total. The van der Waals surface area contributed by atoms with Gasteiger partial charge in [-0.05, 0) is 73.7 Å². The quantitative estimate of drug-likeness (QED) is 0.251. The molecule has 1 atom stereocenters. The molecular weight excluding hydrogens is 521 g/mol. The zero-order chi connectivity index (χ0) is 28.3. The lowest BCUT2D eigenvalue weighted by Gasteiger charge is -2.30. The van der Waals surface area contributed by atoms with E-state index in [2.05, 4.69) is 22.0 Å². The molecule has 8 heteroatoms. The van der Waals surface area contributed by atoms with Gasteiger partial charge < -0.3 is 18.8 Å². The fraction of sp³-hybridized carbons (Fsp3) is 0.333. The highest BCUT2D eigenvalue weighted by Crippen LogP contribution is 2.43. The van der Waals surface area contributed by atoms with E-state index in [1.165, 1.54) is 12.1 Å². The number of carbonyl (C=O) groups excluding carboxylic acids is 1. The van der Waals surface area contributed by atoms with E-state index in [0.717, 1.165) is 60.0 Å². The average molecular weight is 554 g/mol. The summed E-state index contributed by atoms with van der Waals surface area (Å²) in [6.45, 7) is 3.16. The van der Waals surface area contributed by atoms with Crippen LogP contribution in [0, 0.1) is 17.1 Å². The van der Waals surface area contributed by atoms with Crippen LogP contribution in [0.4, 0.5) is 14.9 Å². The van der Waals surface area contributed by atoms with E-state index in [-0.39, 0.29) is 11.9 Å². The van der Waals surface area contributed by atoms with Gasteiger partial charge in [-0.3, -0.25) is 5.32 Å². The summed E-state index contributed by atoms with van der Waals surface area (Å²) in [5.41, 5.74) is 4.70. The minimum atomic E-state index is -0.604. The second kappa shape index (κ2) is 11.6. The molecule has 210 valence electrons. The predicted molar refractivity (Wildman–Crippen MR) is 154 cm³/mol. The van der Waals surface area contributed by atoms with E-state index >= 15 is 0 Å². The molecule has 1 amide bonds. The van der Waals surface area contributed by atoms with E-state index in [1.807, 2.05) is 36.4 Å². The first-order valence-electron chi connectivity index (χ1n) is 14.2. The zero-order valence-electron chi connectivity index (χ0n) is 22.9. The van der Waals surface area contributed by atoms with Crippen LogP contribution in [-0.4, -0.2) is 30.0 Å². The number of rotatable bonds is 7. The number of amides is 1. The molecule has 1 aromatic heterocycles. The van der Waals surface area contributed by atoms with Crippen molar-refractivity contribution in [3.05, 3.63) is 83.7 Å². The maximum atomic E-state index is 13.2. The van der Waals surface area contributed by atoms with Crippen LogP contribution < -0.4 is 10.1 Å². The maximum Gasteiger partial charge on any atom is 0.412 e. The van der Waals surface area contributed by atoms with Crippen molar-refractivity contribution in [1.29, 1.82) is 5.26 Å². The van der Waals surface area contributed by atoms with Crippen LogP contribution in [0.5, 0.6) is 5.75 Å². The van der Waals surface area contributed by atoms with Gasteiger partial charge in [-0.25, -0.2) is 9.18 Å². The van der Waals surface area contributed by atoms with Crippen molar-refractivity contribution < 1.29 is 23.4 Å². The topological polar surface area (TPSA) is 85.5 Å². The summed E-state index contributed by atoms with van der Waals surface area (Å²) in [5, 5.41) is 13.9. The third-order valence-corrected chi connectivity index (χ3v) is 8.03. The number of aromatic nitrogens is 1. The van der Waals surface area contributed by atoms with Crippen molar-refractivity contribution in [1.82, 2.24) is 4.57 Å². The zero-order valence-corrected chi connectivity index (χ0v) is 22.9. The Morgan fingerprint density at radius 2 is 1.78 bits per heavy atom. The lowest BCUT2D eigenvalue weighted by Crippen LogP contribution is -2.25. The molecule has 2 fully saturated rings. The number of carbonyl (C=O) groups is 1. The molecule has 4 aromatic rings. The second-order valence-electron chi connectivity index (χ2n) is 10.7. The Balaban J connectivity index is 1.25. The Kier molecular flexibility index (Phi) is 7.62. The van der Waals surface area contributed by atoms with Crippen LogP contribution in [0.25, 0.3) is 22.2 Å². The Bertz CT molecular complexity index is 1580. The standard InChI is InChI=1S/C33H32FN3O4/c1-21(22-5-9-24(34)10-6-22)40-33(38)36-25-11-7-23(8-12-25)32-30(20-35)29-14-13-28(41-27-15-17-39-18-16-27)19-31(29)37(32)26-3-2-4-26/h5-14,19,21,26-27H,2-4,15-18H2,1H3,(H,36,38)/t21-/m1/s1. The number of nitrogens with one attached hydrogen (secondary N) is 1. The molecular formula is C33H32FN3O4.